The number of halogens is 3. The van der Waals surface area contributed by atoms with Crippen LogP contribution in [0.4, 0.5) is 13.2 Å². The Morgan fingerprint density at radius 3 is 2.26 bits per heavy atom. The van der Waals surface area contributed by atoms with E-state index in [2.05, 4.69) is 0 Å². The minimum atomic E-state index is -3.92. The van der Waals surface area contributed by atoms with Crippen LogP contribution >= 0.6 is 0 Å². The molecule has 0 aromatic heterocycles. The van der Waals surface area contributed by atoms with Gasteiger partial charge < -0.3 is 0 Å². The molecule has 0 saturated carbocycles. The van der Waals surface area contributed by atoms with E-state index >= 15 is 0 Å². The van der Waals surface area contributed by atoms with Gasteiger partial charge in [0.15, 0.2) is 9.84 Å². The van der Waals surface area contributed by atoms with Crippen molar-refractivity contribution in [3.63, 3.8) is 0 Å². The molecule has 0 bridgehead atoms. The molecule has 2 nitrogen and oxygen atoms in total. The van der Waals surface area contributed by atoms with Gasteiger partial charge in [0.2, 0.25) is 0 Å². The fourth-order valence-electron chi connectivity index (χ4n) is 1.60. The van der Waals surface area contributed by atoms with Crippen molar-refractivity contribution in [3.05, 3.63) is 65.5 Å². The van der Waals surface area contributed by atoms with Crippen molar-refractivity contribution in [3.8, 4) is 0 Å². The summed E-state index contributed by atoms with van der Waals surface area (Å²) in [6.07, 6.45) is 0. The second kappa shape index (κ2) is 5.05. The van der Waals surface area contributed by atoms with Gasteiger partial charge >= 0.3 is 0 Å². The molecule has 0 unspecified atom stereocenters. The highest BCUT2D eigenvalue weighted by Gasteiger charge is 2.18. The third kappa shape index (κ3) is 3.14. The normalized spacial score (nSPS) is 11.5. The molecule has 0 heterocycles. The predicted molar refractivity (Wildman–Crippen MR) is 63.6 cm³/mol. The van der Waals surface area contributed by atoms with Gasteiger partial charge in [-0.25, -0.2) is 21.6 Å². The van der Waals surface area contributed by atoms with E-state index in [0.29, 0.717) is 0 Å². The van der Waals surface area contributed by atoms with Crippen LogP contribution in [0, 0.1) is 17.5 Å². The molecule has 0 saturated heterocycles. The quantitative estimate of drug-likeness (QED) is 0.869. The number of sulfone groups is 1. The Labute approximate surface area is 108 Å². The van der Waals surface area contributed by atoms with Crippen molar-refractivity contribution in [2.24, 2.45) is 0 Å². The molecule has 0 atom stereocenters. The summed E-state index contributed by atoms with van der Waals surface area (Å²) in [6, 6.07) is 6.94. The molecule has 100 valence electrons. The molecule has 0 amide bonds. The lowest BCUT2D eigenvalue weighted by Gasteiger charge is -2.06. The van der Waals surface area contributed by atoms with Crippen LogP contribution in [0.15, 0.2) is 47.4 Å². The lowest BCUT2D eigenvalue weighted by atomic mass is 10.2. The van der Waals surface area contributed by atoms with E-state index in [1.165, 1.54) is 12.1 Å². The van der Waals surface area contributed by atoms with Crippen LogP contribution in [0.1, 0.15) is 5.56 Å². The molecule has 0 N–H and O–H groups in total. The van der Waals surface area contributed by atoms with Gasteiger partial charge in [0, 0.05) is 5.56 Å². The number of benzene rings is 2. The van der Waals surface area contributed by atoms with Crippen LogP contribution in [0.3, 0.4) is 0 Å². The molecule has 0 spiro atoms. The zero-order chi connectivity index (χ0) is 14.0. The minimum absolute atomic E-state index is 0.267. The first kappa shape index (κ1) is 13.6. The molecule has 2 rings (SSSR count). The Balaban J connectivity index is 2.39. The van der Waals surface area contributed by atoms with Crippen LogP contribution in [0.5, 0.6) is 0 Å². The van der Waals surface area contributed by atoms with Crippen molar-refractivity contribution < 1.29 is 21.6 Å². The fourth-order valence-corrected chi connectivity index (χ4v) is 2.98. The predicted octanol–water partition coefficient (Wildman–Crippen LogP) is 3.08. The number of hydrogen-bond acceptors (Lipinski definition) is 2. The topological polar surface area (TPSA) is 34.1 Å². The van der Waals surface area contributed by atoms with E-state index in [1.807, 2.05) is 0 Å². The molecule has 2 aromatic rings. The summed E-state index contributed by atoms with van der Waals surface area (Å²) in [5, 5.41) is 0. The van der Waals surface area contributed by atoms with Crippen LogP contribution in [-0.4, -0.2) is 8.42 Å². The Morgan fingerprint density at radius 2 is 1.58 bits per heavy atom. The summed E-state index contributed by atoms with van der Waals surface area (Å²) < 4.78 is 63.3. The number of hydrogen-bond donors (Lipinski definition) is 0. The van der Waals surface area contributed by atoms with Crippen molar-refractivity contribution in [2.75, 3.05) is 0 Å². The second-order valence-corrected chi connectivity index (χ2v) is 5.94. The van der Waals surface area contributed by atoms with Crippen molar-refractivity contribution >= 4 is 9.84 Å². The molecular formula is C13H9F3O2S. The molecule has 0 fully saturated rings. The molecule has 0 aliphatic carbocycles. The van der Waals surface area contributed by atoms with Gasteiger partial charge in [-0.3, -0.25) is 0 Å². The van der Waals surface area contributed by atoms with E-state index in [4.69, 9.17) is 0 Å². The molecular weight excluding hydrogens is 277 g/mol. The second-order valence-electron chi connectivity index (χ2n) is 3.95. The monoisotopic (exact) mass is 286 g/mol. The highest BCUT2D eigenvalue weighted by molar-refractivity contribution is 7.90. The maximum Gasteiger partial charge on any atom is 0.182 e. The third-order valence-electron chi connectivity index (χ3n) is 2.51. The molecule has 6 heteroatoms. The largest absolute Gasteiger partial charge is 0.223 e. The smallest absolute Gasteiger partial charge is 0.182 e. The Kier molecular flexibility index (Phi) is 3.61. The van der Waals surface area contributed by atoms with Crippen molar-refractivity contribution in [2.45, 2.75) is 10.6 Å². The highest BCUT2D eigenvalue weighted by Crippen LogP contribution is 2.19. The third-order valence-corrected chi connectivity index (χ3v) is 4.17. The summed E-state index contributed by atoms with van der Waals surface area (Å²) in [7, 11) is -3.92. The summed E-state index contributed by atoms with van der Waals surface area (Å²) in [4.78, 5) is -0.267. The maximum absolute atomic E-state index is 13.4. The maximum atomic E-state index is 13.4. The molecule has 0 aliphatic rings. The van der Waals surface area contributed by atoms with Crippen LogP contribution in [-0.2, 0) is 15.6 Å². The van der Waals surface area contributed by atoms with Gasteiger partial charge in [0.25, 0.3) is 0 Å². The van der Waals surface area contributed by atoms with E-state index in [1.54, 1.807) is 0 Å². The average molecular weight is 286 g/mol. The van der Waals surface area contributed by atoms with Gasteiger partial charge in [-0.15, -0.1) is 0 Å². The van der Waals surface area contributed by atoms with E-state index < -0.39 is 33.0 Å². The van der Waals surface area contributed by atoms with Crippen molar-refractivity contribution in [1.29, 1.82) is 0 Å². The fraction of sp³-hybridized carbons (Fsp3) is 0.0769. The van der Waals surface area contributed by atoms with Gasteiger partial charge in [0.05, 0.1) is 10.6 Å². The Hall–Kier alpha value is -1.82. The molecule has 2 aromatic carbocycles. The summed E-state index contributed by atoms with van der Waals surface area (Å²) in [5.74, 6) is -2.98. The van der Waals surface area contributed by atoms with Gasteiger partial charge in [-0.05, 0) is 36.4 Å². The van der Waals surface area contributed by atoms with Gasteiger partial charge in [-0.2, -0.15) is 0 Å². The summed E-state index contributed by atoms with van der Waals surface area (Å²) in [6.45, 7) is 0. The zero-order valence-electron chi connectivity index (χ0n) is 9.61. The van der Waals surface area contributed by atoms with Crippen LogP contribution in [0.25, 0.3) is 0 Å². The summed E-state index contributed by atoms with van der Waals surface area (Å²) >= 11 is 0. The lowest BCUT2D eigenvalue weighted by Crippen LogP contribution is -2.07. The first-order valence-corrected chi connectivity index (χ1v) is 6.96. The van der Waals surface area contributed by atoms with Gasteiger partial charge in [0.1, 0.15) is 17.5 Å². The average Bonchev–Trinajstić information content (AvgIpc) is 2.33. The molecule has 0 aliphatic heterocycles. The Bertz CT molecular complexity index is 712. The summed E-state index contributed by atoms with van der Waals surface area (Å²) in [5.41, 5.74) is -0.288. The van der Waals surface area contributed by atoms with E-state index in [0.717, 1.165) is 30.3 Å². The van der Waals surface area contributed by atoms with E-state index in [-0.39, 0.29) is 10.5 Å². The van der Waals surface area contributed by atoms with Gasteiger partial charge in [-0.1, -0.05) is 6.07 Å². The van der Waals surface area contributed by atoms with Crippen LogP contribution in [0.2, 0.25) is 0 Å². The lowest BCUT2D eigenvalue weighted by molar-refractivity contribution is 0.576. The standard InChI is InChI=1S/C13H9F3O2S/c14-10-2-1-3-12(7-10)19(17,18)8-9-6-11(15)4-5-13(9)16/h1-7H,8H2. The minimum Gasteiger partial charge on any atom is -0.223 e. The first-order valence-electron chi connectivity index (χ1n) is 5.31. The van der Waals surface area contributed by atoms with E-state index in [9.17, 15) is 21.6 Å². The SMILES string of the molecule is O=S(=O)(Cc1cc(F)ccc1F)c1cccc(F)c1. The number of rotatable bonds is 3. The molecule has 0 radical (unpaired) electrons. The highest BCUT2D eigenvalue weighted by atomic mass is 32.2. The zero-order valence-corrected chi connectivity index (χ0v) is 10.4. The Morgan fingerprint density at radius 1 is 0.895 bits per heavy atom. The van der Waals surface area contributed by atoms with Crippen molar-refractivity contribution in [1.82, 2.24) is 0 Å². The van der Waals surface area contributed by atoms with Crippen LogP contribution < -0.4 is 0 Å². The molecule has 19 heavy (non-hydrogen) atoms. The first-order chi connectivity index (χ1) is 8.88.